The third kappa shape index (κ3) is 9.47. The summed E-state index contributed by atoms with van der Waals surface area (Å²) < 4.78 is 47.1. The van der Waals surface area contributed by atoms with E-state index >= 15 is 0 Å². The van der Waals surface area contributed by atoms with Crippen molar-refractivity contribution in [2.75, 3.05) is 20.4 Å². The first-order valence-corrected chi connectivity index (χ1v) is 19.8. The highest BCUT2D eigenvalue weighted by Gasteiger charge is 2.30. The third-order valence-electron chi connectivity index (χ3n) is 8.55. The quantitative estimate of drug-likeness (QED) is 0.223. The Kier molecular flexibility index (Phi) is 12.6. The first-order valence-electron chi connectivity index (χ1n) is 16.5. The molecule has 270 valence electrons. The molecule has 0 spiro atoms. The van der Waals surface area contributed by atoms with E-state index in [0.29, 0.717) is 23.3 Å². The van der Waals surface area contributed by atoms with E-state index in [0.717, 1.165) is 51.5 Å². The van der Waals surface area contributed by atoms with Gasteiger partial charge in [0.2, 0.25) is 0 Å². The number of aryl methyl sites for hydroxylation is 1. The number of aliphatic hydroxyl groups is 1. The lowest BCUT2D eigenvalue weighted by molar-refractivity contribution is 0.112. The van der Waals surface area contributed by atoms with Gasteiger partial charge in [-0.25, -0.2) is 31.1 Å². The molecule has 0 bridgehead atoms. The summed E-state index contributed by atoms with van der Waals surface area (Å²) in [5.74, 6) is 0.932. The summed E-state index contributed by atoms with van der Waals surface area (Å²) >= 11 is 0. The van der Waals surface area contributed by atoms with Crippen LogP contribution in [0.5, 0.6) is 0 Å². The molecule has 2 aliphatic rings. The monoisotopic (exact) mass is 731 g/mol. The molecule has 4 aromatic rings. The van der Waals surface area contributed by atoms with Gasteiger partial charge in [-0.2, -0.15) is 0 Å². The number of aliphatic hydroxyl groups excluding tert-OH is 1. The van der Waals surface area contributed by atoms with Gasteiger partial charge in [0.15, 0.2) is 26.2 Å². The smallest absolute Gasteiger partial charge is 0.260 e. The number of sulfone groups is 1. The number of hydrogen-bond donors (Lipinski definition) is 1. The van der Waals surface area contributed by atoms with Crippen LogP contribution in [0, 0.1) is 18.8 Å². The zero-order valence-electron chi connectivity index (χ0n) is 30.2. The van der Waals surface area contributed by atoms with E-state index in [2.05, 4.69) is 65.8 Å². The van der Waals surface area contributed by atoms with Crippen molar-refractivity contribution in [3.05, 3.63) is 118 Å². The molecule has 0 fully saturated rings. The van der Waals surface area contributed by atoms with Crippen molar-refractivity contribution in [1.29, 1.82) is 0 Å². The van der Waals surface area contributed by atoms with Crippen LogP contribution in [0.15, 0.2) is 88.3 Å². The van der Waals surface area contributed by atoms with Gasteiger partial charge in [0.25, 0.3) is 10.0 Å². The summed E-state index contributed by atoms with van der Waals surface area (Å²) in [6.07, 6.45) is 9.34. The van der Waals surface area contributed by atoms with Crippen LogP contribution in [0.2, 0.25) is 0 Å². The number of allylic oxidation sites excluding steroid dienone is 2. The van der Waals surface area contributed by atoms with Gasteiger partial charge >= 0.3 is 0 Å². The molecule has 13 heteroatoms. The van der Waals surface area contributed by atoms with Crippen LogP contribution in [0.4, 0.5) is 0 Å². The fourth-order valence-corrected chi connectivity index (χ4v) is 6.89. The molecule has 4 heterocycles. The molecule has 0 saturated heterocycles. The SMILES string of the molecule is CC(C)C1=C(C(O)c2ccc(S(C)(=O)=O)nc2)c2ncccc2C1.CN(C)S(=O)(=O)c1ccc(C=O)cn1.Cc1ccc2c(n1)C=C(C(C)C)C2. The zero-order valence-corrected chi connectivity index (χ0v) is 31.8. The zero-order chi connectivity index (χ0) is 37.7. The van der Waals surface area contributed by atoms with Crippen molar-refractivity contribution in [1.82, 2.24) is 24.2 Å². The number of nitrogens with zero attached hydrogens (tertiary/aromatic N) is 5. The molecule has 0 amide bonds. The van der Waals surface area contributed by atoms with Gasteiger partial charge < -0.3 is 5.11 Å². The first-order chi connectivity index (χ1) is 23.9. The average molecular weight is 732 g/mol. The van der Waals surface area contributed by atoms with Crippen molar-refractivity contribution in [3.63, 3.8) is 0 Å². The Morgan fingerprint density at radius 2 is 1.51 bits per heavy atom. The van der Waals surface area contributed by atoms with Crippen LogP contribution in [0.25, 0.3) is 11.6 Å². The molecule has 51 heavy (non-hydrogen) atoms. The maximum absolute atomic E-state index is 11.5. The number of aromatic nitrogens is 4. The second kappa shape index (κ2) is 16.3. The second-order valence-electron chi connectivity index (χ2n) is 13.3. The molecule has 6 rings (SSSR count). The molecule has 11 nitrogen and oxygen atoms in total. The molecule has 0 radical (unpaired) electrons. The normalized spacial score (nSPS) is 14.3. The van der Waals surface area contributed by atoms with Gasteiger partial charge in [0.1, 0.15) is 6.10 Å². The average Bonchev–Trinajstić information content (AvgIpc) is 3.70. The Morgan fingerprint density at radius 1 is 0.824 bits per heavy atom. The highest BCUT2D eigenvalue weighted by molar-refractivity contribution is 7.90. The number of carbonyl (C=O) groups excluding carboxylic acids is 1. The van der Waals surface area contributed by atoms with Crippen molar-refractivity contribution < 1.29 is 26.7 Å². The van der Waals surface area contributed by atoms with Crippen molar-refractivity contribution >= 4 is 37.8 Å². The number of rotatable bonds is 8. The highest BCUT2D eigenvalue weighted by atomic mass is 32.2. The van der Waals surface area contributed by atoms with Crippen LogP contribution in [-0.4, -0.2) is 72.8 Å². The van der Waals surface area contributed by atoms with Gasteiger partial charge in [-0.15, -0.1) is 0 Å². The molecular formula is C38H45N5O6S2. The van der Waals surface area contributed by atoms with E-state index in [1.54, 1.807) is 12.3 Å². The number of hydrogen-bond acceptors (Lipinski definition) is 10. The van der Waals surface area contributed by atoms with E-state index in [1.807, 2.05) is 19.1 Å². The fraction of sp³-hybridized carbons (Fsp3) is 0.342. The molecule has 0 aliphatic heterocycles. The van der Waals surface area contributed by atoms with E-state index in [1.165, 1.54) is 61.5 Å². The number of pyridine rings is 4. The predicted molar refractivity (Wildman–Crippen MR) is 198 cm³/mol. The molecular weight excluding hydrogens is 687 g/mol. The molecule has 4 aromatic heterocycles. The predicted octanol–water partition coefficient (Wildman–Crippen LogP) is 5.71. The van der Waals surface area contributed by atoms with Crippen LogP contribution >= 0.6 is 0 Å². The van der Waals surface area contributed by atoms with Crippen molar-refractivity contribution in [2.45, 2.75) is 63.6 Å². The third-order valence-corrected chi connectivity index (χ3v) is 11.3. The number of fused-ring (bicyclic) bond motifs is 2. The first kappa shape index (κ1) is 39.4. The van der Waals surface area contributed by atoms with Crippen LogP contribution in [-0.2, 0) is 32.7 Å². The molecule has 1 unspecified atom stereocenters. The molecule has 0 saturated carbocycles. The lowest BCUT2D eigenvalue weighted by Crippen LogP contribution is -2.23. The summed E-state index contributed by atoms with van der Waals surface area (Å²) in [5, 5.41) is 10.8. The Morgan fingerprint density at radius 3 is 2.06 bits per heavy atom. The Hall–Kier alpha value is -4.43. The van der Waals surface area contributed by atoms with Crippen LogP contribution in [0.3, 0.4) is 0 Å². The van der Waals surface area contributed by atoms with E-state index in [4.69, 9.17) is 0 Å². The van der Waals surface area contributed by atoms with Crippen LogP contribution < -0.4 is 0 Å². The van der Waals surface area contributed by atoms with Gasteiger partial charge in [-0.3, -0.25) is 14.8 Å². The largest absolute Gasteiger partial charge is 0.384 e. The summed E-state index contributed by atoms with van der Waals surface area (Å²) in [5.41, 5.74) is 10.00. The maximum Gasteiger partial charge on any atom is 0.260 e. The maximum atomic E-state index is 11.5. The lowest BCUT2D eigenvalue weighted by Gasteiger charge is -2.17. The topological polar surface area (TPSA) is 160 Å². The highest BCUT2D eigenvalue weighted by Crippen LogP contribution is 2.42. The number of aldehydes is 1. The second-order valence-corrected chi connectivity index (χ2v) is 17.3. The summed E-state index contributed by atoms with van der Waals surface area (Å²) in [4.78, 5) is 26.9. The molecule has 0 aromatic carbocycles. The molecule has 1 atom stereocenters. The van der Waals surface area contributed by atoms with E-state index in [-0.39, 0.29) is 16.0 Å². The van der Waals surface area contributed by atoms with Gasteiger partial charge in [-0.1, -0.05) is 57.0 Å². The summed E-state index contributed by atoms with van der Waals surface area (Å²) in [6.45, 7) is 10.7. The minimum atomic E-state index is -3.50. The molecule has 1 N–H and O–H groups in total. The van der Waals surface area contributed by atoms with Crippen molar-refractivity contribution in [3.8, 4) is 0 Å². The fourth-order valence-electron chi connectivity index (χ4n) is 5.53. The van der Waals surface area contributed by atoms with Gasteiger partial charge in [0, 0.05) is 61.3 Å². The Balaban J connectivity index is 0.000000185. The number of sulfonamides is 1. The number of carbonyl (C=O) groups is 1. The minimum absolute atomic E-state index is 0.00135. The van der Waals surface area contributed by atoms with Crippen LogP contribution in [0.1, 0.15) is 77.9 Å². The standard InChI is InChI=1S/C18H20N2O3S.C12H15N.C8H10N2O3S/c1-11(2)14-9-12-5-4-8-19-17(12)16(14)18(21)13-6-7-15(20-10-13)24(3,22)23;1-8(2)11-6-10-5-4-9(3)13-12(10)7-11;1-10(2)14(12,13)8-4-3-7(6-11)5-9-8/h4-8,10-11,18,21H,9H2,1-3H3;4-5,7-8H,6H2,1-3H3;3-6H,1-2H3. The van der Waals surface area contributed by atoms with E-state index < -0.39 is 26.0 Å². The minimum Gasteiger partial charge on any atom is -0.384 e. The lowest BCUT2D eigenvalue weighted by atomic mass is 9.93. The Labute approximate surface area is 301 Å². The van der Waals surface area contributed by atoms with Gasteiger partial charge in [0.05, 0.1) is 11.4 Å². The summed E-state index contributed by atoms with van der Waals surface area (Å²) in [6, 6.07) is 14.0. The van der Waals surface area contributed by atoms with Crippen molar-refractivity contribution in [2.24, 2.45) is 11.8 Å². The summed E-state index contributed by atoms with van der Waals surface area (Å²) in [7, 11) is -4.01. The van der Waals surface area contributed by atoms with E-state index in [9.17, 15) is 26.7 Å². The van der Waals surface area contributed by atoms with Gasteiger partial charge in [-0.05, 0) is 79.1 Å². The molecule has 2 aliphatic carbocycles. The Bertz CT molecular complexity index is 2160.